The van der Waals surface area contributed by atoms with Crippen molar-refractivity contribution in [2.75, 3.05) is 0 Å². The maximum absolute atomic E-state index is 8.16. The monoisotopic (exact) mass is 95.1 g/mol. The molecule has 0 fully saturated rings. The van der Waals surface area contributed by atoms with E-state index in [0.29, 0.717) is 0 Å². The molecule has 7 heavy (non-hydrogen) atoms. The topological polar surface area (TPSA) is 23.8 Å². The number of allylic oxidation sites excluding steroid dienone is 2. The lowest BCUT2D eigenvalue weighted by Crippen LogP contribution is -1.78. The van der Waals surface area contributed by atoms with Crippen LogP contribution in [-0.2, 0) is 0 Å². The van der Waals surface area contributed by atoms with Crippen molar-refractivity contribution >= 4 is 0 Å². The van der Waals surface area contributed by atoms with Gasteiger partial charge in [-0.25, -0.2) is 0 Å². The third-order valence-electron chi connectivity index (χ3n) is 0.685. The number of hydrogen-bond acceptors (Lipinski definition) is 1. The highest BCUT2D eigenvalue weighted by molar-refractivity contribution is 4.95. The molecule has 0 aromatic rings. The van der Waals surface area contributed by atoms with E-state index in [1.54, 1.807) is 0 Å². The van der Waals surface area contributed by atoms with Gasteiger partial charge in [-0.2, -0.15) is 5.26 Å². The van der Waals surface area contributed by atoms with Crippen LogP contribution in [0.15, 0.2) is 12.2 Å². The Morgan fingerprint density at radius 1 is 1.71 bits per heavy atom. The van der Waals surface area contributed by atoms with Crippen molar-refractivity contribution in [2.45, 2.75) is 13.8 Å². The Hall–Kier alpha value is -0.770. The van der Waals surface area contributed by atoms with Gasteiger partial charge >= 0.3 is 0 Å². The zero-order valence-corrected chi connectivity index (χ0v) is 4.68. The van der Waals surface area contributed by atoms with E-state index in [1.165, 1.54) is 0 Å². The van der Waals surface area contributed by atoms with E-state index < -0.39 is 0 Å². The van der Waals surface area contributed by atoms with Crippen molar-refractivity contribution in [3.05, 3.63) is 12.2 Å². The van der Waals surface area contributed by atoms with Gasteiger partial charge in [0, 0.05) is 0 Å². The molecule has 0 aromatic carbocycles. The van der Waals surface area contributed by atoms with Gasteiger partial charge in [0.15, 0.2) is 0 Å². The first kappa shape index (κ1) is 6.23. The Morgan fingerprint density at radius 3 is 2.43 bits per heavy atom. The lowest BCUT2D eigenvalue weighted by Gasteiger charge is -1.83. The van der Waals surface area contributed by atoms with Crippen LogP contribution in [-0.4, -0.2) is 0 Å². The first-order valence-electron chi connectivity index (χ1n) is 2.33. The average Bonchev–Trinajstić information content (AvgIpc) is 1.68. The maximum Gasteiger partial charge on any atom is 0.0694 e. The minimum atomic E-state index is 0.0741. The molecule has 0 bridgehead atoms. The molecule has 0 heterocycles. The minimum Gasteiger partial charge on any atom is -0.198 e. The predicted octanol–water partition coefficient (Wildman–Crippen LogP) is 1.72. The van der Waals surface area contributed by atoms with E-state index in [-0.39, 0.29) is 5.92 Å². The van der Waals surface area contributed by atoms with Gasteiger partial charge in [-0.05, 0) is 13.8 Å². The summed E-state index contributed by atoms with van der Waals surface area (Å²) in [7, 11) is 0. The summed E-state index contributed by atoms with van der Waals surface area (Å²) in [5.74, 6) is 0.0741. The van der Waals surface area contributed by atoms with Crippen LogP contribution in [0.25, 0.3) is 0 Å². The molecule has 0 amide bonds. The van der Waals surface area contributed by atoms with Gasteiger partial charge in [0.2, 0.25) is 0 Å². The molecule has 1 atom stereocenters. The van der Waals surface area contributed by atoms with Crippen LogP contribution in [0.4, 0.5) is 0 Å². The summed E-state index contributed by atoms with van der Waals surface area (Å²) in [5.41, 5.74) is 0. The number of nitrogens with zero attached hydrogens (tertiary/aromatic N) is 1. The van der Waals surface area contributed by atoms with Gasteiger partial charge in [-0.1, -0.05) is 12.2 Å². The van der Waals surface area contributed by atoms with Gasteiger partial charge in [0.1, 0.15) is 0 Å². The van der Waals surface area contributed by atoms with Crippen LogP contribution in [0, 0.1) is 17.2 Å². The lowest BCUT2D eigenvalue weighted by molar-refractivity contribution is 0.954. The highest BCUT2D eigenvalue weighted by Gasteiger charge is 1.85. The van der Waals surface area contributed by atoms with E-state index >= 15 is 0 Å². The highest BCUT2D eigenvalue weighted by atomic mass is 14.2. The second-order valence-corrected chi connectivity index (χ2v) is 1.44. The molecule has 0 aliphatic heterocycles. The third-order valence-corrected chi connectivity index (χ3v) is 0.685. The lowest BCUT2D eigenvalue weighted by atomic mass is 10.2. The molecule has 0 radical (unpaired) electrons. The molecular weight excluding hydrogens is 86.1 g/mol. The molecule has 0 aliphatic carbocycles. The average molecular weight is 95.1 g/mol. The van der Waals surface area contributed by atoms with Crippen LogP contribution >= 0.6 is 0 Å². The SMILES string of the molecule is CC=CC(C)C#N. The number of hydrogen-bond donors (Lipinski definition) is 0. The first-order valence-corrected chi connectivity index (χ1v) is 2.33. The van der Waals surface area contributed by atoms with Crippen molar-refractivity contribution in [1.82, 2.24) is 0 Å². The molecule has 0 saturated carbocycles. The number of rotatable bonds is 1. The summed E-state index contributed by atoms with van der Waals surface area (Å²) in [6.07, 6.45) is 3.74. The van der Waals surface area contributed by atoms with E-state index in [9.17, 15) is 0 Å². The Balaban J connectivity index is 3.42. The van der Waals surface area contributed by atoms with Gasteiger partial charge in [-0.3, -0.25) is 0 Å². The molecule has 0 saturated heterocycles. The van der Waals surface area contributed by atoms with Crippen LogP contribution < -0.4 is 0 Å². The zero-order valence-electron chi connectivity index (χ0n) is 4.68. The zero-order chi connectivity index (χ0) is 5.70. The highest BCUT2D eigenvalue weighted by Crippen LogP contribution is 1.91. The normalized spacial score (nSPS) is 13.9. The fraction of sp³-hybridized carbons (Fsp3) is 0.500. The van der Waals surface area contributed by atoms with Crippen molar-refractivity contribution in [3.63, 3.8) is 0 Å². The largest absolute Gasteiger partial charge is 0.198 e. The van der Waals surface area contributed by atoms with Crippen LogP contribution in [0.2, 0.25) is 0 Å². The molecule has 1 heteroatoms. The number of nitriles is 1. The first-order chi connectivity index (χ1) is 3.31. The molecule has 0 aromatic heterocycles. The van der Waals surface area contributed by atoms with Crippen molar-refractivity contribution in [3.8, 4) is 6.07 Å². The molecule has 0 spiro atoms. The summed E-state index contributed by atoms with van der Waals surface area (Å²) in [5, 5.41) is 8.16. The second kappa shape index (κ2) is 3.42. The Bertz CT molecular complexity index is 97.2. The van der Waals surface area contributed by atoms with Crippen molar-refractivity contribution in [2.24, 2.45) is 5.92 Å². The molecule has 1 unspecified atom stereocenters. The second-order valence-electron chi connectivity index (χ2n) is 1.44. The predicted molar refractivity (Wildman–Crippen MR) is 29.6 cm³/mol. The van der Waals surface area contributed by atoms with E-state index in [4.69, 9.17) is 5.26 Å². The van der Waals surface area contributed by atoms with Crippen LogP contribution in [0.5, 0.6) is 0 Å². The van der Waals surface area contributed by atoms with Gasteiger partial charge in [0.25, 0.3) is 0 Å². The quantitative estimate of drug-likeness (QED) is 0.455. The molecule has 38 valence electrons. The third kappa shape index (κ3) is 3.05. The maximum atomic E-state index is 8.16. The molecule has 1 nitrogen and oxygen atoms in total. The van der Waals surface area contributed by atoms with E-state index in [0.717, 1.165) is 0 Å². The van der Waals surface area contributed by atoms with Gasteiger partial charge in [0.05, 0.1) is 12.0 Å². The van der Waals surface area contributed by atoms with Gasteiger partial charge in [-0.15, -0.1) is 0 Å². The summed E-state index contributed by atoms with van der Waals surface area (Å²) >= 11 is 0. The summed E-state index contributed by atoms with van der Waals surface area (Å²) in [6, 6.07) is 2.08. The van der Waals surface area contributed by atoms with Crippen molar-refractivity contribution in [1.29, 1.82) is 5.26 Å². The summed E-state index contributed by atoms with van der Waals surface area (Å²) in [6.45, 7) is 3.77. The minimum absolute atomic E-state index is 0.0741. The van der Waals surface area contributed by atoms with Gasteiger partial charge < -0.3 is 0 Å². The van der Waals surface area contributed by atoms with E-state index in [1.807, 2.05) is 26.0 Å². The fourth-order valence-corrected chi connectivity index (χ4v) is 0.332. The molecule has 0 rings (SSSR count). The standard InChI is InChI=1S/C6H9N/c1-3-4-6(2)5-7/h3-4,6H,1-2H3. The summed E-state index contributed by atoms with van der Waals surface area (Å²) < 4.78 is 0. The Kier molecular flexibility index (Phi) is 3.04. The molecule has 0 N–H and O–H groups in total. The molecular formula is C6H9N. The molecule has 0 aliphatic rings. The fourth-order valence-electron chi connectivity index (χ4n) is 0.332. The van der Waals surface area contributed by atoms with Crippen molar-refractivity contribution < 1.29 is 0 Å². The van der Waals surface area contributed by atoms with Crippen LogP contribution in [0.1, 0.15) is 13.8 Å². The smallest absolute Gasteiger partial charge is 0.0694 e. The Labute approximate surface area is 44.3 Å². The Morgan fingerprint density at radius 2 is 2.29 bits per heavy atom. The van der Waals surface area contributed by atoms with Crippen LogP contribution in [0.3, 0.4) is 0 Å². The van der Waals surface area contributed by atoms with E-state index in [2.05, 4.69) is 6.07 Å². The summed E-state index contributed by atoms with van der Waals surface area (Å²) in [4.78, 5) is 0.